The third-order valence-electron chi connectivity index (χ3n) is 2.86. The van der Waals surface area contributed by atoms with Crippen LogP contribution in [0.1, 0.15) is 20.7 Å². The van der Waals surface area contributed by atoms with Crippen molar-refractivity contribution in [3.63, 3.8) is 0 Å². The Hall–Kier alpha value is -3.15. The first-order valence-corrected chi connectivity index (χ1v) is 5.96. The van der Waals surface area contributed by atoms with E-state index in [9.17, 15) is 14.4 Å². The molecular formula is C15H8O6. The minimum absolute atomic E-state index is 0.179. The molecule has 0 saturated heterocycles. The number of carbonyl (C=O) groups is 3. The highest BCUT2D eigenvalue weighted by Crippen LogP contribution is 2.28. The van der Waals surface area contributed by atoms with Crippen LogP contribution in [0.3, 0.4) is 0 Å². The third kappa shape index (κ3) is 2.46. The standard InChI is InChI=1S/C15H8O6/c16-8-19-9-1-3-10(4-2-9)20-11-5-6-12-13(7-11)15(18)21-14(12)17/h1-8H. The van der Waals surface area contributed by atoms with Gasteiger partial charge in [0.25, 0.3) is 6.47 Å². The Morgan fingerprint density at radius 2 is 1.43 bits per heavy atom. The number of hydrogen-bond donors (Lipinski definition) is 0. The highest BCUT2D eigenvalue weighted by Gasteiger charge is 2.29. The lowest BCUT2D eigenvalue weighted by molar-refractivity contribution is -0.120. The summed E-state index contributed by atoms with van der Waals surface area (Å²) in [7, 11) is 0. The number of rotatable bonds is 4. The first kappa shape index (κ1) is 12.9. The lowest BCUT2D eigenvalue weighted by atomic mass is 10.1. The van der Waals surface area contributed by atoms with Crippen LogP contribution in [0, 0.1) is 0 Å². The van der Waals surface area contributed by atoms with Crippen LogP contribution >= 0.6 is 0 Å². The molecule has 0 bridgehead atoms. The highest BCUT2D eigenvalue weighted by atomic mass is 16.6. The summed E-state index contributed by atoms with van der Waals surface area (Å²) in [5.41, 5.74) is 0.403. The SMILES string of the molecule is O=COc1ccc(Oc2ccc3c(c2)C(=O)OC3=O)cc1. The van der Waals surface area contributed by atoms with Crippen LogP contribution in [0.15, 0.2) is 42.5 Å². The van der Waals surface area contributed by atoms with Gasteiger partial charge in [0.1, 0.15) is 17.2 Å². The van der Waals surface area contributed by atoms with E-state index in [4.69, 9.17) is 4.74 Å². The first-order valence-electron chi connectivity index (χ1n) is 5.96. The molecule has 21 heavy (non-hydrogen) atoms. The summed E-state index contributed by atoms with van der Waals surface area (Å²) in [4.78, 5) is 33.0. The van der Waals surface area contributed by atoms with Crippen molar-refractivity contribution in [2.45, 2.75) is 0 Å². The molecule has 0 unspecified atom stereocenters. The minimum atomic E-state index is -0.685. The first-order chi connectivity index (χ1) is 10.2. The Labute approximate surface area is 118 Å². The molecule has 1 heterocycles. The fraction of sp³-hybridized carbons (Fsp3) is 0. The van der Waals surface area contributed by atoms with E-state index in [1.807, 2.05) is 0 Å². The van der Waals surface area contributed by atoms with Crippen LogP contribution < -0.4 is 9.47 Å². The number of benzene rings is 2. The van der Waals surface area contributed by atoms with Gasteiger partial charge in [-0.3, -0.25) is 4.79 Å². The van der Waals surface area contributed by atoms with Gasteiger partial charge < -0.3 is 14.2 Å². The summed E-state index contributed by atoms with van der Waals surface area (Å²) in [6, 6.07) is 10.8. The molecule has 1 aliphatic heterocycles. The Kier molecular flexibility index (Phi) is 3.12. The summed E-state index contributed by atoms with van der Waals surface area (Å²) in [5, 5.41) is 0. The largest absolute Gasteiger partial charge is 0.457 e. The summed E-state index contributed by atoms with van der Waals surface area (Å²) >= 11 is 0. The van der Waals surface area contributed by atoms with E-state index in [2.05, 4.69) is 9.47 Å². The van der Waals surface area contributed by atoms with Gasteiger partial charge in [0.05, 0.1) is 11.1 Å². The van der Waals surface area contributed by atoms with Crippen molar-refractivity contribution in [1.82, 2.24) is 0 Å². The second-order valence-corrected chi connectivity index (χ2v) is 4.17. The summed E-state index contributed by atoms with van der Waals surface area (Å²) in [5.74, 6) is -0.0667. The minimum Gasteiger partial charge on any atom is -0.457 e. The summed E-state index contributed by atoms with van der Waals surface area (Å²) < 4.78 is 14.7. The Morgan fingerprint density at radius 1 is 0.810 bits per heavy atom. The number of fused-ring (bicyclic) bond motifs is 1. The van der Waals surface area contributed by atoms with Gasteiger partial charge in [-0.15, -0.1) is 0 Å². The van der Waals surface area contributed by atoms with Gasteiger partial charge in [0, 0.05) is 0 Å². The average Bonchev–Trinajstić information content (AvgIpc) is 2.76. The van der Waals surface area contributed by atoms with Crippen LogP contribution in [0.2, 0.25) is 0 Å². The summed E-state index contributed by atoms with van der Waals surface area (Å²) in [6.45, 7) is 0.332. The van der Waals surface area contributed by atoms with Gasteiger partial charge in [-0.05, 0) is 42.5 Å². The fourth-order valence-electron chi connectivity index (χ4n) is 1.91. The Morgan fingerprint density at radius 3 is 2.14 bits per heavy atom. The van der Waals surface area contributed by atoms with Crippen molar-refractivity contribution >= 4 is 18.4 Å². The van der Waals surface area contributed by atoms with Crippen molar-refractivity contribution in [3.05, 3.63) is 53.6 Å². The summed E-state index contributed by atoms with van der Waals surface area (Å²) in [6.07, 6.45) is 0. The van der Waals surface area contributed by atoms with E-state index in [-0.39, 0.29) is 11.1 Å². The molecule has 2 aromatic rings. The van der Waals surface area contributed by atoms with Crippen molar-refractivity contribution in [2.24, 2.45) is 0 Å². The van der Waals surface area contributed by atoms with Gasteiger partial charge in [-0.25, -0.2) is 9.59 Å². The molecule has 6 heteroatoms. The van der Waals surface area contributed by atoms with Crippen LogP contribution in [-0.4, -0.2) is 18.4 Å². The molecule has 0 saturated carbocycles. The van der Waals surface area contributed by atoms with Gasteiger partial charge in [0.15, 0.2) is 0 Å². The zero-order valence-corrected chi connectivity index (χ0v) is 10.6. The molecule has 0 N–H and O–H groups in total. The number of hydrogen-bond acceptors (Lipinski definition) is 6. The zero-order chi connectivity index (χ0) is 14.8. The van der Waals surface area contributed by atoms with Gasteiger partial charge in [-0.1, -0.05) is 0 Å². The number of ether oxygens (including phenoxy) is 3. The van der Waals surface area contributed by atoms with Gasteiger partial charge >= 0.3 is 11.9 Å². The fourth-order valence-corrected chi connectivity index (χ4v) is 1.91. The molecule has 0 spiro atoms. The van der Waals surface area contributed by atoms with Gasteiger partial charge in [-0.2, -0.15) is 0 Å². The molecule has 0 amide bonds. The predicted molar refractivity (Wildman–Crippen MR) is 69.4 cm³/mol. The molecule has 0 aromatic heterocycles. The van der Waals surface area contributed by atoms with E-state index in [0.29, 0.717) is 23.7 Å². The van der Waals surface area contributed by atoms with Crippen LogP contribution in [0.5, 0.6) is 17.2 Å². The molecular weight excluding hydrogens is 276 g/mol. The Bertz CT molecular complexity index is 732. The lowest BCUT2D eigenvalue weighted by Crippen LogP contribution is -1.96. The normalized spacial score (nSPS) is 12.6. The molecule has 0 radical (unpaired) electrons. The van der Waals surface area contributed by atoms with Gasteiger partial charge in [0.2, 0.25) is 0 Å². The second-order valence-electron chi connectivity index (χ2n) is 4.17. The van der Waals surface area contributed by atoms with E-state index in [1.165, 1.54) is 12.1 Å². The average molecular weight is 284 g/mol. The maximum absolute atomic E-state index is 11.4. The van der Waals surface area contributed by atoms with E-state index >= 15 is 0 Å². The predicted octanol–water partition coefficient (Wildman–Crippen LogP) is 2.32. The quantitative estimate of drug-likeness (QED) is 0.487. The molecule has 6 nitrogen and oxygen atoms in total. The van der Waals surface area contributed by atoms with Crippen LogP contribution in [0.4, 0.5) is 0 Å². The molecule has 1 aliphatic rings. The zero-order valence-electron chi connectivity index (χ0n) is 10.6. The highest BCUT2D eigenvalue weighted by molar-refractivity contribution is 6.14. The number of cyclic esters (lactones) is 2. The molecule has 3 rings (SSSR count). The van der Waals surface area contributed by atoms with Crippen molar-refractivity contribution in [3.8, 4) is 17.2 Å². The van der Waals surface area contributed by atoms with E-state index < -0.39 is 11.9 Å². The lowest BCUT2D eigenvalue weighted by Gasteiger charge is -2.06. The van der Waals surface area contributed by atoms with Crippen LogP contribution in [-0.2, 0) is 9.53 Å². The van der Waals surface area contributed by atoms with Crippen molar-refractivity contribution < 1.29 is 28.6 Å². The smallest absolute Gasteiger partial charge is 0.347 e. The van der Waals surface area contributed by atoms with E-state index in [1.54, 1.807) is 30.3 Å². The Balaban J connectivity index is 1.82. The maximum atomic E-state index is 11.4. The van der Waals surface area contributed by atoms with Crippen molar-refractivity contribution in [2.75, 3.05) is 0 Å². The molecule has 2 aromatic carbocycles. The monoisotopic (exact) mass is 284 g/mol. The second kappa shape index (κ2) is 5.09. The topological polar surface area (TPSA) is 78.9 Å². The van der Waals surface area contributed by atoms with E-state index in [0.717, 1.165) is 0 Å². The molecule has 0 fully saturated rings. The molecule has 0 aliphatic carbocycles. The molecule has 0 atom stereocenters. The van der Waals surface area contributed by atoms with Crippen molar-refractivity contribution in [1.29, 1.82) is 0 Å². The molecule has 104 valence electrons. The number of esters is 2. The third-order valence-corrected chi connectivity index (χ3v) is 2.86. The van der Waals surface area contributed by atoms with Crippen LogP contribution in [0.25, 0.3) is 0 Å². The number of carbonyl (C=O) groups excluding carboxylic acids is 3. The maximum Gasteiger partial charge on any atom is 0.347 e.